The average Bonchev–Trinajstić information content (AvgIpc) is 2.85. The van der Waals surface area contributed by atoms with Crippen LogP contribution >= 0.6 is 0 Å². The number of esters is 2. The van der Waals surface area contributed by atoms with Crippen molar-refractivity contribution in [2.24, 2.45) is 0 Å². The van der Waals surface area contributed by atoms with Crippen LogP contribution in [0.15, 0.2) is 60.7 Å². The first-order chi connectivity index (χ1) is 16.4. The van der Waals surface area contributed by atoms with Crippen LogP contribution in [0.5, 0.6) is 17.2 Å². The van der Waals surface area contributed by atoms with Gasteiger partial charge in [-0.1, -0.05) is 18.7 Å². The molecule has 0 heterocycles. The van der Waals surface area contributed by atoms with Crippen molar-refractivity contribution in [2.45, 2.75) is 32.6 Å². The van der Waals surface area contributed by atoms with Gasteiger partial charge in [-0.05, 0) is 80.6 Å². The topological polar surface area (TPSA) is 88.1 Å². The summed E-state index contributed by atoms with van der Waals surface area (Å²) in [6, 6.07) is 11.7. The number of rotatable bonds is 14. The van der Waals surface area contributed by atoms with Gasteiger partial charge >= 0.3 is 11.9 Å². The van der Waals surface area contributed by atoms with Crippen LogP contribution in [0.3, 0.4) is 0 Å². The fourth-order valence-electron chi connectivity index (χ4n) is 2.90. The molecular formula is C27H30O7. The molecule has 0 saturated carbocycles. The Kier molecular flexibility index (Phi) is 11.1. The van der Waals surface area contributed by atoms with Gasteiger partial charge in [0.25, 0.3) is 0 Å². The minimum atomic E-state index is -0.520. The van der Waals surface area contributed by atoms with Gasteiger partial charge in [-0.3, -0.25) is 4.79 Å². The van der Waals surface area contributed by atoms with Crippen molar-refractivity contribution in [3.05, 3.63) is 71.8 Å². The molecule has 0 saturated heterocycles. The Balaban J connectivity index is 1.75. The molecule has 7 nitrogen and oxygen atoms in total. The molecule has 0 unspecified atom stereocenters. The maximum atomic E-state index is 12.5. The zero-order valence-electron chi connectivity index (χ0n) is 19.6. The third-order valence-corrected chi connectivity index (χ3v) is 4.74. The quantitative estimate of drug-likeness (QED) is 0.125. The second-order valence-electron chi connectivity index (χ2n) is 7.50. The monoisotopic (exact) mass is 466 g/mol. The first-order valence-electron chi connectivity index (χ1n) is 11.0. The lowest BCUT2D eigenvalue weighted by atomic mass is 10.2. The first-order valence-corrected chi connectivity index (χ1v) is 11.0. The smallest absolute Gasteiger partial charge is 0.343 e. The highest BCUT2D eigenvalue weighted by atomic mass is 16.6. The van der Waals surface area contributed by atoms with Crippen LogP contribution in [0.2, 0.25) is 0 Å². The van der Waals surface area contributed by atoms with E-state index in [1.165, 1.54) is 13.2 Å². The van der Waals surface area contributed by atoms with Gasteiger partial charge in [-0.25, -0.2) is 9.59 Å². The van der Waals surface area contributed by atoms with Crippen molar-refractivity contribution in [1.82, 2.24) is 0 Å². The van der Waals surface area contributed by atoms with Crippen molar-refractivity contribution in [1.29, 1.82) is 0 Å². The fraction of sp³-hybridized carbons (Fsp3) is 0.296. The highest BCUT2D eigenvalue weighted by Gasteiger charge is 2.13. The van der Waals surface area contributed by atoms with Crippen LogP contribution in [0.4, 0.5) is 0 Å². The summed E-state index contributed by atoms with van der Waals surface area (Å²) in [6.07, 6.45) is 7.25. The van der Waals surface area contributed by atoms with Crippen molar-refractivity contribution >= 4 is 24.3 Å². The number of hydrogen-bond acceptors (Lipinski definition) is 7. The molecule has 2 aromatic carbocycles. The lowest BCUT2D eigenvalue weighted by Gasteiger charge is -2.11. The number of carbonyl (C=O) groups is 3. The van der Waals surface area contributed by atoms with Gasteiger partial charge in [0.2, 0.25) is 0 Å². The van der Waals surface area contributed by atoms with E-state index in [1.807, 2.05) is 0 Å². The van der Waals surface area contributed by atoms with Crippen LogP contribution in [-0.2, 0) is 14.3 Å². The molecule has 0 bridgehead atoms. The molecule has 0 aliphatic carbocycles. The number of aldehydes is 1. The molecule has 7 heteroatoms. The van der Waals surface area contributed by atoms with Gasteiger partial charge in [-0.2, -0.15) is 0 Å². The maximum Gasteiger partial charge on any atom is 0.343 e. The summed E-state index contributed by atoms with van der Waals surface area (Å²) in [6.45, 7) is 6.12. The van der Waals surface area contributed by atoms with E-state index in [1.54, 1.807) is 55.5 Å². The van der Waals surface area contributed by atoms with Crippen LogP contribution in [0.1, 0.15) is 48.5 Å². The zero-order valence-corrected chi connectivity index (χ0v) is 19.6. The molecule has 0 atom stereocenters. The third kappa shape index (κ3) is 8.94. The number of methoxy groups -OCH3 is 1. The minimum Gasteiger partial charge on any atom is -0.494 e. The number of benzene rings is 2. The van der Waals surface area contributed by atoms with Gasteiger partial charge < -0.3 is 18.9 Å². The molecule has 2 aromatic rings. The molecule has 0 fully saturated rings. The Bertz CT molecular complexity index is 1010. The second kappa shape index (κ2) is 14.3. The van der Waals surface area contributed by atoms with Gasteiger partial charge in [-0.15, -0.1) is 0 Å². The predicted molar refractivity (Wildman–Crippen MR) is 129 cm³/mol. The molecule has 0 aliphatic heterocycles. The molecule has 0 radical (unpaired) electrons. The summed E-state index contributed by atoms with van der Waals surface area (Å²) in [5.41, 5.74) is 1.53. The molecule has 0 amide bonds. The first kappa shape index (κ1) is 26.4. The molecule has 0 aliphatic rings. The van der Waals surface area contributed by atoms with Crippen LogP contribution in [0.25, 0.3) is 6.08 Å². The molecular weight excluding hydrogens is 436 g/mol. The lowest BCUT2D eigenvalue weighted by molar-refractivity contribution is -0.139. The molecule has 180 valence electrons. The average molecular weight is 467 g/mol. The predicted octanol–water partition coefficient (Wildman–Crippen LogP) is 5.19. The van der Waals surface area contributed by atoms with Crippen molar-refractivity contribution in [3.8, 4) is 17.2 Å². The Hall–Kier alpha value is -3.87. The molecule has 0 spiro atoms. The summed E-state index contributed by atoms with van der Waals surface area (Å²) in [5.74, 6) is 0.459. The summed E-state index contributed by atoms with van der Waals surface area (Å²) >= 11 is 0. The SMILES string of the molecule is C=C(C)C(=O)OCCCCCCOc1ccc(C(=O)Oc2ccc(/C=C/C=O)cc2OC)cc1. The minimum absolute atomic E-state index is 0.283. The Labute approximate surface area is 200 Å². The Morgan fingerprint density at radius 2 is 1.65 bits per heavy atom. The van der Waals surface area contributed by atoms with E-state index in [4.69, 9.17) is 18.9 Å². The summed E-state index contributed by atoms with van der Waals surface area (Å²) in [4.78, 5) is 34.2. The van der Waals surface area contributed by atoms with Crippen LogP contribution in [-0.4, -0.2) is 38.5 Å². The van der Waals surface area contributed by atoms with E-state index in [-0.39, 0.29) is 11.7 Å². The summed E-state index contributed by atoms with van der Waals surface area (Å²) in [5, 5.41) is 0. The van der Waals surface area contributed by atoms with Crippen molar-refractivity contribution in [2.75, 3.05) is 20.3 Å². The summed E-state index contributed by atoms with van der Waals surface area (Å²) < 4.78 is 21.5. The number of ether oxygens (including phenoxy) is 4. The maximum absolute atomic E-state index is 12.5. The second-order valence-corrected chi connectivity index (χ2v) is 7.50. The van der Waals surface area contributed by atoms with Crippen LogP contribution in [0, 0.1) is 0 Å². The van der Waals surface area contributed by atoms with Crippen LogP contribution < -0.4 is 14.2 Å². The number of allylic oxidation sites excluding steroid dienone is 1. The normalized spacial score (nSPS) is 10.5. The zero-order chi connectivity index (χ0) is 24.8. The third-order valence-electron chi connectivity index (χ3n) is 4.74. The Morgan fingerprint density at radius 3 is 2.29 bits per heavy atom. The molecule has 0 aromatic heterocycles. The van der Waals surface area contributed by atoms with Crippen molar-refractivity contribution < 1.29 is 33.3 Å². The number of hydrogen-bond donors (Lipinski definition) is 0. The highest BCUT2D eigenvalue weighted by molar-refractivity contribution is 5.91. The summed E-state index contributed by atoms with van der Waals surface area (Å²) in [7, 11) is 1.48. The van der Waals surface area contributed by atoms with E-state index < -0.39 is 5.97 Å². The fourth-order valence-corrected chi connectivity index (χ4v) is 2.90. The Morgan fingerprint density at radius 1 is 0.941 bits per heavy atom. The number of carbonyl (C=O) groups excluding carboxylic acids is 3. The van der Waals surface area contributed by atoms with Gasteiger partial charge in [0, 0.05) is 5.57 Å². The van der Waals surface area contributed by atoms with Gasteiger partial charge in [0.05, 0.1) is 25.9 Å². The van der Waals surface area contributed by atoms with Gasteiger partial charge in [0.15, 0.2) is 11.5 Å². The molecule has 0 N–H and O–H groups in total. The lowest BCUT2D eigenvalue weighted by Crippen LogP contribution is -2.09. The largest absolute Gasteiger partial charge is 0.494 e. The van der Waals surface area contributed by atoms with Gasteiger partial charge in [0.1, 0.15) is 12.0 Å². The van der Waals surface area contributed by atoms with Crippen molar-refractivity contribution in [3.63, 3.8) is 0 Å². The highest BCUT2D eigenvalue weighted by Crippen LogP contribution is 2.29. The van der Waals surface area contributed by atoms with E-state index in [0.717, 1.165) is 31.2 Å². The van der Waals surface area contributed by atoms with E-state index >= 15 is 0 Å². The standard InChI is InChI=1S/C27H30O7/c1-20(2)26(29)33-18-7-5-4-6-17-32-23-13-11-22(12-14-23)27(30)34-24-15-10-21(9-8-16-28)19-25(24)31-3/h8-16,19H,1,4-7,17-18H2,2-3H3/b9-8+. The number of unbranched alkanes of at least 4 members (excludes halogenated alkanes) is 3. The van der Waals surface area contributed by atoms with E-state index in [2.05, 4.69) is 6.58 Å². The molecule has 34 heavy (non-hydrogen) atoms. The molecule has 2 rings (SSSR count). The van der Waals surface area contributed by atoms with E-state index in [9.17, 15) is 14.4 Å². The van der Waals surface area contributed by atoms with E-state index in [0.29, 0.717) is 42.1 Å².